The Kier molecular flexibility index (Phi) is 5.55. The van der Waals surface area contributed by atoms with E-state index in [1.165, 1.54) is 0 Å². The van der Waals surface area contributed by atoms with Crippen molar-refractivity contribution in [3.8, 4) is 0 Å². The first-order valence-corrected chi connectivity index (χ1v) is 10.0. The molecule has 0 atom stereocenters. The molecular formula is C22H24N4O3. The van der Waals surface area contributed by atoms with Crippen molar-refractivity contribution in [2.45, 2.75) is 31.7 Å². The number of amides is 3. The maximum atomic E-state index is 12.6. The zero-order chi connectivity index (χ0) is 20.2. The van der Waals surface area contributed by atoms with Crippen LogP contribution in [0.15, 0.2) is 48.8 Å². The van der Waals surface area contributed by atoms with Crippen LogP contribution < -0.4 is 10.2 Å². The van der Waals surface area contributed by atoms with Crippen LogP contribution >= 0.6 is 0 Å². The molecule has 150 valence electrons. The van der Waals surface area contributed by atoms with Gasteiger partial charge in [0.2, 0.25) is 5.91 Å². The first-order valence-electron chi connectivity index (χ1n) is 10.0. The van der Waals surface area contributed by atoms with Crippen LogP contribution in [0.5, 0.6) is 0 Å². The molecule has 2 aliphatic rings. The van der Waals surface area contributed by atoms with Gasteiger partial charge in [-0.05, 0) is 55.7 Å². The van der Waals surface area contributed by atoms with Crippen molar-refractivity contribution >= 4 is 23.4 Å². The fraction of sp³-hybridized carbons (Fsp3) is 0.364. The van der Waals surface area contributed by atoms with Crippen molar-refractivity contribution < 1.29 is 14.4 Å². The molecule has 7 heteroatoms. The summed E-state index contributed by atoms with van der Waals surface area (Å²) in [5, 5.41) is 3.06. The van der Waals surface area contributed by atoms with Crippen LogP contribution in [-0.2, 0) is 4.79 Å². The van der Waals surface area contributed by atoms with Crippen molar-refractivity contribution in [2.75, 3.05) is 24.5 Å². The van der Waals surface area contributed by atoms with Crippen molar-refractivity contribution in [1.29, 1.82) is 0 Å². The number of carbonyl (C=O) groups is 3. The molecule has 3 heterocycles. The van der Waals surface area contributed by atoms with Gasteiger partial charge in [-0.15, -0.1) is 0 Å². The van der Waals surface area contributed by atoms with E-state index in [-0.39, 0.29) is 23.8 Å². The lowest BCUT2D eigenvalue weighted by Gasteiger charge is -2.32. The Bertz CT molecular complexity index is 890. The normalized spacial score (nSPS) is 17.4. The molecule has 0 unspecified atom stereocenters. The molecule has 1 aromatic heterocycles. The number of rotatable bonds is 4. The van der Waals surface area contributed by atoms with Gasteiger partial charge in [-0.2, -0.15) is 0 Å². The van der Waals surface area contributed by atoms with Crippen LogP contribution in [0.1, 0.15) is 46.4 Å². The van der Waals surface area contributed by atoms with Gasteiger partial charge in [0, 0.05) is 61.3 Å². The molecule has 2 saturated heterocycles. The third-order valence-electron chi connectivity index (χ3n) is 5.56. The van der Waals surface area contributed by atoms with E-state index in [4.69, 9.17) is 0 Å². The Labute approximate surface area is 169 Å². The summed E-state index contributed by atoms with van der Waals surface area (Å²) in [4.78, 5) is 44.4. The molecule has 2 aromatic rings. The minimum atomic E-state index is -0.122. The molecule has 2 aliphatic heterocycles. The average molecular weight is 392 g/mol. The maximum absolute atomic E-state index is 12.6. The molecule has 7 nitrogen and oxygen atoms in total. The number of anilines is 1. The molecule has 0 aliphatic carbocycles. The third-order valence-corrected chi connectivity index (χ3v) is 5.56. The minimum Gasteiger partial charge on any atom is -0.349 e. The molecule has 0 spiro atoms. The Morgan fingerprint density at radius 2 is 1.62 bits per heavy atom. The summed E-state index contributed by atoms with van der Waals surface area (Å²) in [6.07, 6.45) is 6.15. The first kappa shape index (κ1) is 19.1. The minimum absolute atomic E-state index is 0.00391. The average Bonchev–Trinajstić information content (AvgIpc) is 3.20. The molecule has 0 saturated carbocycles. The van der Waals surface area contributed by atoms with E-state index in [1.807, 2.05) is 17.0 Å². The Balaban J connectivity index is 1.29. The van der Waals surface area contributed by atoms with Crippen LogP contribution in [0.4, 0.5) is 5.69 Å². The highest BCUT2D eigenvalue weighted by atomic mass is 16.2. The standard InChI is InChI=1S/C22H24N4O3/c27-20-2-1-13-26(20)19-5-3-16(4-6-19)21(28)24-18-9-14-25(15-10-18)22(29)17-7-11-23-12-8-17/h3-8,11-12,18H,1-2,9-10,13-15H2,(H,24,28). The maximum Gasteiger partial charge on any atom is 0.253 e. The number of benzene rings is 1. The number of piperidine rings is 1. The Morgan fingerprint density at radius 3 is 2.24 bits per heavy atom. The van der Waals surface area contributed by atoms with Gasteiger partial charge in [-0.1, -0.05) is 0 Å². The number of hydrogen-bond acceptors (Lipinski definition) is 4. The molecule has 1 aromatic carbocycles. The lowest BCUT2D eigenvalue weighted by molar-refractivity contribution is -0.117. The van der Waals surface area contributed by atoms with Gasteiger partial charge in [-0.3, -0.25) is 19.4 Å². The molecule has 2 fully saturated rings. The SMILES string of the molecule is O=C(NC1CCN(C(=O)c2ccncc2)CC1)c1ccc(N2CCCC2=O)cc1. The van der Waals surface area contributed by atoms with Crippen molar-refractivity contribution in [3.63, 3.8) is 0 Å². The fourth-order valence-corrected chi connectivity index (χ4v) is 3.89. The Morgan fingerprint density at radius 1 is 0.931 bits per heavy atom. The van der Waals surface area contributed by atoms with Gasteiger partial charge < -0.3 is 15.1 Å². The van der Waals surface area contributed by atoms with Crippen molar-refractivity contribution in [2.24, 2.45) is 0 Å². The molecule has 4 rings (SSSR count). The van der Waals surface area contributed by atoms with E-state index in [0.717, 1.165) is 31.5 Å². The van der Waals surface area contributed by atoms with Gasteiger partial charge in [0.15, 0.2) is 0 Å². The van der Waals surface area contributed by atoms with Gasteiger partial charge >= 0.3 is 0 Å². The number of likely N-dealkylation sites (tertiary alicyclic amines) is 1. The third kappa shape index (κ3) is 4.29. The summed E-state index contributed by atoms with van der Waals surface area (Å²) in [5.41, 5.74) is 2.06. The molecule has 1 N–H and O–H groups in total. The molecular weight excluding hydrogens is 368 g/mol. The zero-order valence-corrected chi connectivity index (χ0v) is 16.2. The second-order valence-electron chi connectivity index (χ2n) is 7.47. The van der Waals surface area contributed by atoms with Crippen LogP contribution in [0.25, 0.3) is 0 Å². The van der Waals surface area contributed by atoms with Crippen molar-refractivity contribution in [3.05, 3.63) is 59.9 Å². The van der Waals surface area contributed by atoms with Crippen LogP contribution in [-0.4, -0.2) is 53.3 Å². The number of nitrogens with zero attached hydrogens (tertiary/aromatic N) is 3. The number of pyridine rings is 1. The van der Waals surface area contributed by atoms with E-state index in [2.05, 4.69) is 10.3 Å². The fourth-order valence-electron chi connectivity index (χ4n) is 3.89. The molecule has 0 bridgehead atoms. The van der Waals surface area contributed by atoms with Gasteiger partial charge in [0.25, 0.3) is 11.8 Å². The number of carbonyl (C=O) groups excluding carboxylic acids is 3. The summed E-state index contributed by atoms with van der Waals surface area (Å²) in [6.45, 7) is 1.96. The predicted molar refractivity (Wildman–Crippen MR) is 109 cm³/mol. The summed E-state index contributed by atoms with van der Waals surface area (Å²) in [6, 6.07) is 10.7. The monoisotopic (exact) mass is 392 g/mol. The highest BCUT2D eigenvalue weighted by Crippen LogP contribution is 2.22. The highest BCUT2D eigenvalue weighted by Gasteiger charge is 2.25. The quantitative estimate of drug-likeness (QED) is 0.865. The number of nitrogens with one attached hydrogen (secondary N) is 1. The van der Waals surface area contributed by atoms with Crippen LogP contribution in [0.3, 0.4) is 0 Å². The van der Waals surface area contributed by atoms with Crippen molar-refractivity contribution in [1.82, 2.24) is 15.2 Å². The lowest BCUT2D eigenvalue weighted by Crippen LogP contribution is -2.46. The van der Waals surface area contributed by atoms with E-state index >= 15 is 0 Å². The first-order chi connectivity index (χ1) is 14.1. The highest BCUT2D eigenvalue weighted by molar-refractivity contribution is 5.97. The smallest absolute Gasteiger partial charge is 0.253 e. The van der Waals surface area contributed by atoms with Gasteiger partial charge in [0.1, 0.15) is 0 Å². The number of hydrogen-bond donors (Lipinski definition) is 1. The van der Waals surface area contributed by atoms with Gasteiger partial charge in [0.05, 0.1) is 0 Å². The van der Waals surface area contributed by atoms with Gasteiger partial charge in [-0.25, -0.2) is 0 Å². The van der Waals surface area contributed by atoms with Crippen LogP contribution in [0.2, 0.25) is 0 Å². The summed E-state index contributed by atoms with van der Waals surface area (Å²) in [7, 11) is 0. The lowest BCUT2D eigenvalue weighted by atomic mass is 10.0. The summed E-state index contributed by atoms with van der Waals surface area (Å²) >= 11 is 0. The van der Waals surface area contributed by atoms with Crippen LogP contribution in [0, 0.1) is 0 Å². The van der Waals surface area contributed by atoms with E-state index < -0.39 is 0 Å². The van der Waals surface area contributed by atoms with E-state index in [1.54, 1.807) is 41.6 Å². The second kappa shape index (κ2) is 8.43. The van der Waals surface area contributed by atoms with E-state index in [9.17, 15) is 14.4 Å². The zero-order valence-electron chi connectivity index (χ0n) is 16.2. The summed E-state index contributed by atoms with van der Waals surface area (Å²) < 4.78 is 0. The molecule has 3 amide bonds. The summed E-state index contributed by atoms with van der Waals surface area (Å²) in [5.74, 6) is 0.0164. The Hall–Kier alpha value is -3.22. The molecule has 0 radical (unpaired) electrons. The molecule has 29 heavy (non-hydrogen) atoms. The topological polar surface area (TPSA) is 82.6 Å². The number of aromatic nitrogens is 1. The predicted octanol–water partition coefficient (Wildman–Crippen LogP) is 2.24. The van der Waals surface area contributed by atoms with E-state index in [0.29, 0.717) is 30.6 Å². The second-order valence-corrected chi connectivity index (χ2v) is 7.47. The largest absolute Gasteiger partial charge is 0.349 e.